The van der Waals surface area contributed by atoms with Crippen LogP contribution in [0.5, 0.6) is 0 Å². The van der Waals surface area contributed by atoms with E-state index in [1.54, 1.807) is 6.92 Å². The third kappa shape index (κ3) is 28.4. The van der Waals surface area contributed by atoms with E-state index in [0.717, 1.165) is 38.5 Å². The minimum Gasteiger partial charge on any atom is -0.300 e. The molecule has 0 aromatic carbocycles. The molecule has 0 bridgehead atoms. The van der Waals surface area contributed by atoms with Crippen LogP contribution in [0.1, 0.15) is 137 Å². The number of hydrogen-bond donors (Lipinski definition) is 0. The van der Waals surface area contributed by atoms with Gasteiger partial charge in [-0.05, 0) is 26.2 Å². The highest BCUT2D eigenvalue weighted by Gasteiger charge is 2.01. The van der Waals surface area contributed by atoms with Crippen LogP contribution in [0.3, 0.4) is 0 Å². The van der Waals surface area contributed by atoms with E-state index in [-0.39, 0.29) is 0 Å². The van der Waals surface area contributed by atoms with E-state index in [4.69, 9.17) is 0 Å². The van der Waals surface area contributed by atoms with Gasteiger partial charge in [0.05, 0.1) is 0 Å². The number of carbonyl (C=O) groups is 2. The van der Waals surface area contributed by atoms with Crippen LogP contribution in [-0.4, -0.2) is 11.6 Å². The second-order valence-electron chi connectivity index (χ2n) is 7.38. The minimum atomic E-state index is 0.318. The van der Waals surface area contributed by atoms with Crippen LogP contribution in [0, 0.1) is 0 Å². The Labute approximate surface area is 158 Å². The molecule has 25 heavy (non-hydrogen) atoms. The number of carbonyl (C=O) groups excluding carboxylic acids is 2. The molecule has 0 aliphatic heterocycles. The zero-order valence-electron chi connectivity index (χ0n) is 17.8. The number of Topliss-reactive ketones (excluding diaryl/α,β-unsaturated/α-hetero) is 2. The van der Waals surface area contributed by atoms with Crippen molar-refractivity contribution in [1.29, 1.82) is 0 Å². The Morgan fingerprint density at radius 1 is 0.480 bits per heavy atom. The van der Waals surface area contributed by atoms with Crippen LogP contribution in [0.4, 0.5) is 0 Å². The first-order valence-corrected chi connectivity index (χ1v) is 11.1. The van der Waals surface area contributed by atoms with Gasteiger partial charge >= 0.3 is 0 Å². The summed E-state index contributed by atoms with van der Waals surface area (Å²) in [6, 6.07) is 0. The maximum absolute atomic E-state index is 11.5. The number of rotatable bonds is 17. The lowest BCUT2D eigenvalue weighted by Gasteiger charge is -2.02. The first-order valence-electron chi connectivity index (χ1n) is 11.1. The summed E-state index contributed by atoms with van der Waals surface area (Å²) < 4.78 is 0. The fraction of sp³-hybridized carbons (Fsp3) is 0.913. The highest BCUT2D eigenvalue weighted by molar-refractivity contribution is 5.78. The molecule has 0 rings (SSSR count). The molecule has 0 unspecified atom stereocenters. The monoisotopic (exact) mass is 354 g/mol. The van der Waals surface area contributed by atoms with E-state index in [0.29, 0.717) is 11.6 Å². The van der Waals surface area contributed by atoms with Gasteiger partial charge in [0, 0.05) is 19.3 Å². The third-order valence-corrected chi connectivity index (χ3v) is 4.50. The zero-order chi connectivity index (χ0) is 19.2. The van der Waals surface area contributed by atoms with Gasteiger partial charge in [0.1, 0.15) is 11.6 Å². The predicted molar refractivity (Wildman–Crippen MR) is 111 cm³/mol. The Morgan fingerprint density at radius 3 is 1.24 bits per heavy atom. The highest BCUT2D eigenvalue weighted by atomic mass is 16.1. The average Bonchev–Trinajstić information content (AvgIpc) is 2.58. The van der Waals surface area contributed by atoms with E-state index in [1.165, 1.54) is 70.6 Å². The Kier molecular flexibility index (Phi) is 24.8. The minimum absolute atomic E-state index is 0.318. The van der Waals surface area contributed by atoms with Crippen LogP contribution < -0.4 is 0 Å². The van der Waals surface area contributed by atoms with Gasteiger partial charge in [0.2, 0.25) is 0 Å². The van der Waals surface area contributed by atoms with Gasteiger partial charge in [0.25, 0.3) is 0 Å². The number of ketones is 2. The molecule has 0 amide bonds. The summed E-state index contributed by atoms with van der Waals surface area (Å²) in [6.07, 6.45) is 20.0. The molecular formula is C23H46O2. The third-order valence-electron chi connectivity index (χ3n) is 4.50. The van der Waals surface area contributed by atoms with Gasteiger partial charge in [-0.2, -0.15) is 0 Å². The topological polar surface area (TPSA) is 34.1 Å². The van der Waals surface area contributed by atoms with Crippen molar-refractivity contribution in [1.82, 2.24) is 0 Å². The van der Waals surface area contributed by atoms with Crippen LogP contribution in [0.25, 0.3) is 0 Å². The molecule has 0 aromatic rings. The second-order valence-corrected chi connectivity index (χ2v) is 7.38. The van der Waals surface area contributed by atoms with Crippen LogP contribution in [-0.2, 0) is 9.59 Å². The molecule has 0 N–H and O–H groups in total. The first kappa shape index (κ1) is 26.6. The fourth-order valence-corrected chi connectivity index (χ4v) is 2.78. The maximum atomic E-state index is 11.5. The summed E-state index contributed by atoms with van der Waals surface area (Å²) in [6.45, 7) is 8.23. The zero-order valence-corrected chi connectivity index (χ0v) is 17.8. The molecule has 0 atom stereocenters. The van der Waals surface area contributed by atoms with Gasteiger partial charge in [-0.25, -0.2) is 0 Å². The average molecular weight is 355 g/mol. The Bertz CT molecular complexity index is 284. The number of hydrogen-bond acceptors (Lipinski definition) is 2. The van der Waals surface area contributed by atoms with Crippen LogP contribution in [0.15, 0.2) is 0 Å². The normalized spacial score (nSPS) is 10.2. The van der Waals surface area contributed by atoms with Crippen molar-refractivity contribution in [3.8, 4) is 0 Å². The molecule has 0 saturated heterocycles. The molecule has 2 heteroatoms. The molecule has 0 spiro atoms. The molecule has 0 fully saturated rings. The molecule has 0 radical (unpaired) electrons. The van der Waals surface area contributed by atoms with E-state index < -0.39 is 0 Å². The van der Waals surface area contributed by atoms with Crippen molar-refractivity contribution in [2.45, 2.75) is 137 Å². The molecule has 0 aliphatic rings. The lowest BCUT2D eigenvalue weighted by Crippen LogP contribution is -1.97. The van der Waals surface area contributed by atoms with Crippen molar-refractivity contribution in [3.63, 3.8) is 0 Å². The Morgan fingerprint density at radius 2 is 0.800 bits per heavy atom. The second kappa shape index (κ2) is 23.3. The summed E-state index contributed by atoms with van der Waals surface area (Å²) >= 11 is 0. The van der Waals surface area contributed by atoms with Crippen LogP contribution in [0.2, 0.25) is 0 Å². The summed E-state index contributed by atoms with van der Waals surface area (Å²) in [4.78, 5) is 21.8. The summed E-state index contributed by atoms with van der Waals surface area (Å²) in [7, 11) is 0. The predicted octanol–water partition coefficient (Wildman–Crippen LogP) is 7.82. The Hall–Kier alpha value is -0.660. The largest absolute Gasteiger partial charge is 0.300 e. The van der Waals surface area contributed by atoms with Crippen molar-refractivity contribution in [2.75, 3.05) is 0 Å². The van der Waals surface area contributed by atoms with Gasteiger partial charge < -0.3 is 4.79 Å². The van der Waals surface area contributed by atoms with E-state index in [9.17, 15) is 9.59 Å². The molecular weight excluding hydrogens is 308 g/mol. The summed E-state index contributed by atoms with van der Waals surface area (Å²) in [5.41, 5.74) is 0. The van der Waals surface area contributed by atoms with E-state index in [2.05, 4.69) is 20.8 Å². The van der Waals surface area contributed by atoms with Crippen molar-refractivity contribution in [3.05, 3.63) is 0 Å². The standard InChI is InChI=1S/C16H32O.C7H14O/c1-3-5-7-8-9-10-11-13-15-16(17)14-12-6-4-2;1-3-4-5-6-7(2)8/h3-15H2,1-2H3;3-6H2,1-2H3. The molecule has 0 aromatic heterocycles. The molecule has 0 saturated carbocycles. The molecule has 0 aliphatic carbocycles. The van der Waals surface area contributed by atoms with Gasteiger partial charge in [0.15, 0.2) is 0 Å². The lowest BCUT2D eigenvalue weighted by molar-refractivity contribution is -0.119. The summed E-state index contributed by atoms with van der Waals surface area (Å²) in [5, 5.41) is 0. The van der Waals surface area contributed by atoms with E-state index >= 15 is 0 Å². The fourth-order valence-electron chi connectivity index (χ4n) is 2.78. The van der Waals surface area contributed by atoms with Crippen molar-refractivity contribution >= 4 is 11.6 Å². The molecule has 2 nitrogen and oxygen atoms in total. The maximum Gasteiger partial charge on any atom is 0.132 e. The quantitative estimate of drug-likeness (QED) is 0.249. The van der Waals surface area contributed by atoms with Crippen molar-refractivity contribution in [2.24, 2.45) is 0 Å². The Balaban J connectivity index is 0. The number of unbranched alkanes of at least 4 members (excludes halogenated alkanes) is 11. The lowest BCUT2D eigenvalue weighted by atomic mass is 10.0. The highest BCUT2D eigenvalue weighted by Crippen LogP contribution is 2.11. The molecule has 150 valence electrons. The SMILES string of the molecule is CCCCCC(C)=O.CCCCCCCCCCC(=O)CCCCC. The smallest absolute Gasteiger partial charge is 0.132 e. The van der Waals surface area contributed by atoms with E-state index in [1.807, 2.05) is 0 Å². The van der Waals surface area contributed by atoms with Crippen LogP contribution >= 0.6 is 0 Å². The molecule has 0 heterocycles. The van der Waals surface area contributed by atoms with Gasteiger partial charge in [-0.1, -0.05) is 91.4 Å². The van der Waals surface area contributed by atoms with Gasteiger partial charge in [-0.15, -0.1) is 0 Å². The summed E-state index contributed by atoms with van der Waals surface area (Å²) in [5.74, 6) is 0.808. The van der Waals surface area contributed by atoms with Crippen molar-refractivity contribution < 1.29 is 9.59 Å². The first-order chi connectivity index (χ1) is 12.1. The van der Waals surface area contributed by atoms with Gasteiger partial charge in [-0.3, -0.25) is 4.79 Å².